The molecule has 88 heavy (non-hydrogen) atoms. The molecule has 5 heteroatoms. The molecule has 17 rings (SSSR count). The number of benzene rings is 14. The van der Waals surface area contributed by atoms with Gasteiger partial charge in [-0.05, 0) is 169 Å². The summed E-state index contributed by atoms with van der Waals surface area (Å²) in [6, 6.07) is 111. The van der Waals surface area contributed by atoms with E-state index in [9.17, 15) is 0 Å². The molecule has 0 amide bonds. The maximum atomic E-state index is 15.6. The van der Waals surface area contributed by atoms with Crippen molar-refractivity contribution in [2.45, 2.75) is 5.41 Å². The van der Waals surface area contributed by atoms with E-state index < -0.39 is 5.41 Å². The van der Waals surface area contributed by atoms with Gasteiger partial charge in [0.25, 0.3) is 0 Å². The third-order valence-corrected chi connectivity index (χ3v) is 19.4. The maximum Gasteiger partial charge on any atom is 0.123 e. The summed E-state index contributed by atoms with van der Waals surface area (Å²) in [5.41, 5.74) is 22.7. The van der Waals surface area contributed by atoms with Crippen LogP contribution >= 0.6 is 11.3 Å². The van der Waals surface area contributed by atoms with Gasteiger partial charge < -0.3 is 9.80 Å². The smallest absolute Gasteiger partial charge is 0.123 e. The Morgan fingerprint density at radius 3 is 1.20 bits per heavy atom. The Balaban J connectivity index is 1.02. The van der Waals surface area contributed by atoms with Crippen LogP contribution < -0.4 is 9.80 Å². The highest BCUT2D eigenvalue weighted by molar-refractivity contribution is 7.26. The number of thiophene rings is 1. The summed E-state index contributed by atoms with van der Waals surface area (Å²) in [6.07, 6.45) is 0. The highest BCUT2D eigenvalue weighted by atomic mass is 32.1. The molecule has 0 saturated heterocycles. The van der Waals surface area contributed by atoms with Gasteiger partial charge in [0.2, 0.25) is 0 Å². The lowest BCUT2D eigenvalue weighted by Crippen LogP contribution is -2.26. The van der Waals surface area contributed by atoms with Crippen LogP contribution in [-0.4, -0.2) is 0 Å². The molecule has 0 atom stereocenters. The minimum absolute atomic E-state index is 0.305. The summed E-state index contributed by atoms with van der Waals surface area (Å²) in [5, 5.41) is 4.41. The van der Waals surface area contributed by atoms with Crippen LogP contribution in [0.3, 0.4) is 0 Å². The third kappa shape index (κ3) is 7.98. The summed E-state index contributed by atoms with van der Waals surface area (Å²) in [6.45, 7) is 0. The number of halogens is 2. The van der Waals surface area contributed by atoms with E-state index in [1.807, 2.05) is 35.6 Å². The number of anilines is 6. The lowest BCUT2D eigenvalue weighted by Gasteiger charge is -2.34. The molecule has 0 aliphatic heterocycles. The number of rotatable bonds is 10. The fourth-order valence-electron chi connectivity index (χ4n) is 14.4. The van der Waals surface area contributed by atoms with Gasteiger partial charge in [-0.2, -0.15) is 0 Å². The number of fused-ring (bicyclic) bond motifs is 16. The van der Waals surface area contributed by atoms with Crippen molar-refractivity contribution in [3.63, 3.8) is 0 Å². The second-order valence-corrected chi connectivity index (χ2v) is 23.9. The number of hydrogen-bond donors (Lipinski definition) is 0. The maximum absolute atomic E-state index is 15.6. The molecule has 0 N–H and O–H groups in total. The standard InChI is InChI=1S/C83H52F2N2S/c84-59-39-43-61(44-40-59)86(74-47-37-57(53-21-5-1-6-22-53)49-68(74)55-25-9-3-10-26-55)76-51-72-79(66-32-14-13-31-65(66)76)81-73(83(72)70-34-18-15-29-63(70)64-30-16-19-35-71(64)83)52-77(80-67-33-17-20-36-78(67)88-82(80)81)87(62-45-41-60(85)42-46-62)75-48-38-58(54-23-7-2-8-24-54)50-69(75)56-27-11-4-12-28-56/h1-52H. The molecule has 1 heterocycles. The monoisotopic (exact) mass is 1150 g/mol. The normalized spacial score (nSPS) is 12.5. The molecule has 0 saturated carbocycles. The van der Waals surface area contributed by atoms with E-state index in [1.54, 1.807) is 24.3 Å². The number of hydrogen-bond acceptors (Lipinski definition) is 3. The molecule has 2 aliphatic carbocycles. The van der Waals surface area contributed by atoms with Crippen LogP contribution in [0.15, 0.2) is 315 Å². The Morgan fingerprint density at radius 1 is 0.273 bits per heavy atom. The largest absolute Gasteiger partial charge is 0.309 e. The molecule has 0 bridgehead atoms. The van der Waals surface area contributed by atoms with E-state index in [0.29, 0.717) is 0 Å². The van der Waals surface area contributed by atoms with Crippen molar-refractivity contribution in [3.05, 3.63) is 349 Å². The Bertz CT molecular complexity index is 5170. The molecule has 14 aromatic carbocycles. The van der Waals surface area contributed by atoms with Crippen molar-refractivity contribution < 1.29 is 8.78 Å². The minimum Gasteiger partial charge on any atom is -0.309 e. The number of nitrogens with zero attached hydrogens (tertiary/aromatic N) is 2. The predicted molar refractivity (Wildman–Crippen MR) is 364 cm³/mol. The van der Waals surface area contributed by atoms with E-state index in [4.69, 9.17) is 0 Å². The molecule has 1 aromatic heterocycles. The zero-order valence-electron chi connectivity index (χ0n) is 47.6. The van der Waals surface area contributed by atoms with E-state index in [2.05, 4.69) is 277 Å². The van der Waals surface area contributed by atoms with Crippen LogP contribution in [0.2, 0.25) is 0 Å². The van der Waals surface area contributed by atoms with Gasteiger partial charge in [0.15, 0.2) is 0 Å². The molecular weight excluding hydrogens is 1090 g/mol. The van der Waals surface area contributed by atoms with Crippen LogP contribution in [-0.2, 0) is 5.41 Å². The van der Waals surface area contributed by atoms with Crippen LogP contribution in [0.5, 0.6) is 0 Å². The van der Waals surface area contributed by atoms with E-state index in [1.165, 1.54) is 42.8 Å². The van der Waals surface area contributed by atoms with Gasteiger partial charge in [-0.1, -0.05) is 224 Å². The fourth-order valence-corrected chi connectivity index (χ4v) is 15.7. The van der Waals surface area contributed by atoms with Gasteiger partial charge in [-0.25, -0.2) is 8.78 Å². The fraction of sp³-hybridized carbons (Fsp3) is 0.0120. The molecular formula is C83H52F2N2S. The Kier molecular flexibility index (Phi) is 12.1. The second-order valence-electron chi connectivity index (χ2n) is 22.9. The quantitative estimate of drug-likeness (QED) is 0.135. The topological polar surface area (TPSA) is 6.48 Å². The van der Waals surface area contributed by atoms with Gasteiger partial charge in [0, 0.05) is 53.6 Å². The van der Waals surface area contributed by atoms with Crippen molar-refractivity contribution in [3.8, 4) is 66.8 Å². The first-order valence-corrected chi connectivity index (χ1v) is 30.7. The van der Waals surface area contributed by atoms with Gasteiger partial charge in [0.05, 0.1) is 28.2 Å². The van der Waals surface area contributed by atoms with Crippen molar-refractivity contribution >= 4 is 76.4 Å². The van der Waals surface area contributed by atoms with E-state index >= 15 is 8.78 Å². The molecule has 0 radical (unpaired) electrons. The highest BCUT2D eigenvalue weighted by Crippen LogP contribution is 2.68. The molecule has 2 aliphatic rings. The summed E-state index contributed by atoms with van der Waals surface area (Å²) in [4.78, 5) is 4.76. The molecule has 0 fully saturated rings. The zero-order valence-corrected chi connectivity index (χ0v) is 48.4. The van der Waals surface area contributed by atoms with Gasteiger partial charge >= 0.3 is 0 Å². The first kappa shape index (κ1) is 51.4. The van der Waals surface area contributed by atoms with Crippen molar-refractivity contribution in [1.82, 2.24) is 0 Å². The predicted octanol–water partition coefficient (Wildman–Crippen LogP) is 23.4. The average molecular weight is 1150 g/mol. The van der Waals surface area contributed by atoms with Gasteiger partial charge in [-0.3, -0.25) is 0 Å². The van der Waals surface area contributed by atoms with Crippen LogP contribution in [0, 0.1) is 11.6 Å². The van der Waals surface area contributed by atoms with E-state index in [0.717, 1.165) is 111 Å². The lowest BCUT2D eigenvalue weighted by atomic mass is 9.70. The van der Waals surface area contributed by atoms with Crippen molar-refractivity contribution in [2.24, 2.45) is 0 Å². The highest BCUT2D eigenvalue weighted by Gasteiger charge is 2.54. The third-order valence-electron chi connectivity index (χ3n) is 18.2. The van der Waals surface area contributed by atoms with Gasteiger partial charge in [-0.15, -0.1) is 11.3 Å². The molecule has 2 nitrogen and oxygen atoms in total. The Labute approximate surface area is 513 Å². The SMILES string of the molecule is Fc1ccc(N(c2ccc(-c3ccccc3)cc2-c2ccccc2)c2cc3c(c4ccccc24)-c2c(cc(N(c4ccc(F)cc4)c4ccc(-c5ccccc5)cc4-c4ccccc4)c4c2sc2ccccc24)C32c3ccccc3-c3ccccc32)cc1. The Hall–Kier alpha value is -11.0. The van der Waals surface area contributed by atoms with Gasteiger partial charge in [0.1, 0.15) is 11.6 Å². The van der Waals surface area contributed by atoms with Crippen LogP contribution in [0.25, 0.3) is 97.7 Å². The summed E-state index contributed by atoms with van der Waals surface area (Å²) in [5.74, 6) is -0.611. The molecule has 1 spiro atoms. The zero-order chi connectivity index (χ0) is 58.5. The average Bonchev–Trinajstić information content (AvgIpc) is 1.49. The molecule has 15 aromatic rings. The molecule has 414 valence electrons. The Morgan fingerprint density at radius 2 is 0.682 bits per heavy atom. The minimum atomic E-state index is -0.877. The van der Waals surface area contributed by atoms with E-state index in [-0.39, 0.29) is 11.6 Å². The second kappa shape index (κ2) is 20.6. The first-order chi connectivity index (χ1) is 43.5. The van der Waals surface area contributed by atoms with Crippen LogP contribution in [0.4, 0.5) is 42.9 Å². The summed E-state index contributed by atoms with van der Waals surface area (Å²) in [7, 11) is 0. The van der Waals surface area contributed by atoms with Crippen LogP contribution in [0.1, 0.15) is 22.3 Å². The molecule has 0 unspecified atom stereocenters. The lowest BCUT2D eigenvalue weighted by molar-refractivity contribution is 0.627. The summed E-state index contributed by atoms with van der Waals surface area (Å²) >= 11 is 1.84. The first-order valence-electron chi connectivity index (χ1n) is 29.9. The van der Waals surface area contributed by atoms with Crippen molar-refractivity contribution in [2.75, 3.05) is 9.80 Å². The summed E-state index contributed by atoms with van der Waals surface area (Å²) < 4.78 is 33.4. The van der Waals surface area contributed by atoms with Crippen molar-refractivity contribution in [1.29, 1.82) is 0 Å².